The topological polar surface area (TPSA) is 124 Å². The molecule has 5 heterocycles. The highest BCUT2D eigenvalue weighted by Crippen LogP contribution is 2.33. The Morgan fingerprint density at radius 2 is 1.58 bits per heavy atom. The highest BCUT2D eigenvalue weighted by Gasteiger charge is 2.35. The Kier molecular flexibility index (Phi) is 7.89. The third kappa shape index (κ3) is 6.64. The number of benzene rings is 2. The lowest BCUT2D eigenvalue weighted by atomic mass is 10.2. The molecule has 0 saturated carbocycles. The van der Waals surface area contributed by atoms with E-state index in [1.165, 1.54) is 34.8 Å². The molecular weight excluding hydrogens is 599 g/mol. The van der Waals surface area contributed by atoms with Crippen molar-refractivity contribution in [2.75, 3.05) is 61.1 Å². The molecule has 2 amide bonds. The van der Waals surface area contributed by atoms with Crippen LogP contribution in [0, 0.1) is 5.82 Å². The van der Waals surface area contributed by atoms with Crippen LogP contribution < -0.4 is 15.5 Å². The van der Waals surface area contributed by atoms with Gasteiger partial charge in [0.05, 0.1) is 18.5 Å². The summed E-state index contributed by atoms with van der Waals surface area (Å²) in [6.07, 6.45) is 5.76. The monoisotopic (exact) mass is 634 g/mol. The lowest BCUT2D eigenvalue weighted by Gasteiger charge is -2.33. The number of morpholine rings is 1. The highest BCUT2D eigenvalue weighted by atomic mass is 32.2. The molecule has 45 heavy (non-hydrogen) atoms. The smallest absolute Gasteiger partial charge is 0.323 e. The third-order valence-electron chi connectivity index (χ3n) is 8.55. The molecule has 2 N–H and O–H groups in total. The molecule has 2 bridgehead atoms. The summed E-state index contributed by atoms with van der Waals surface area (Å²) in [6, 6.07) is 14.6. The number of carbonyl (C=O) groups excluding carboxylic acids is 1. The normalized spacial score (nSPS) is 20.9. The summed E-state index contributed by atoms with van der Waals surface area (Å²) in [6.45, 7) is 4.51. The zero-order chi connectivity index (χ0) is 31.1. The summed E-state index contributed by atoms with van der Waals surface area (Å²) in [5, 5.41) is 10.4. The van der Waals surface area contributed by atoms with Gasteiger partial charge in [0.15, 0.2) is 11.6 Å². The van der Waals surface area contributed by atoms with Crippen molar-refractivity contribution in [2.24, 2.45) is 0 Å². The first-order chi connectivity index (χ1) is 21.7. The van der Waals surface area contributed by atoms with Gasteiger partial charge in [-0.05, 0) is 73.0 Å². The number of piperazine rings is 1. The maximum Gasteiger partial charge on any atom is 0.323 e. The third-order valence-corrected chi connectivity index (χ3v) is 9.86. The van der Waals surface area contributed by atoms with E-state index in [-0.39, 0.29) is 18.0 Å². The zero-order valence-electron chi connectivity index (χ0n) is 24.9. The molecular formula is C31H35FN8O4S. The predicted octanol–water partition coefficient (Wildman–Crippen LogP) is 3.62. The Bertz CT molecular complexity index is 1800. The van der Waals surface area contributed by atoms with Crippen molar-refractivity contribution in [3.05, 3.63) is 72.2 Å². The minimum absolute atomic E-state index is 0.189. The number of urea groups is 1. The number of halogens is 1. The van der Waals surface area contributed by atoms with Crippen LogP contribution in [0.4, 0.5) is 26.4 Å². The molecule has 236 valence electrons. The molecule has 3 saturated heterocycles. The Balaban J connectivity index is 1.12. The lowest BCUT2D eigenvalue weighted by Crippen LogP contribution is -2.47. The van der Waals surface area contributed by atoms with E-state index in [1.54, 1.807) is 12.1 Å². The van der Waals surface area contributed by atoms with E-state index < -0.39 is 16.1 Å². The number of nitrogens with zero attached hydrogens (tertiary/aromatic N) is 6. The van der Waals surface area contributed by atoms with Gasteiger partial charge in [-0.3, -0.25) is 4.90 Å². The number of amides is 2. The first-order valence-corrected chi connectivity index (χ1v) is 16.9. The van der Waals surface area contributed by atoms with Gasteiger partial charge in [-0.15, -0.1) is 5.10 Å². The number of sulfonamides is 1. The van der Waals surface area contributed by atoms with Gasteiger partial charge in [-0.2, -0.15) is 4.31 Å². The summed E-state index contributed by atoms with van der Waals surface area (Å²) in [5.74, 6) is 1.04. The second kappa shape index (κ2) is 12.0. The number of ether oxygens (including phenoxy) is 1. The van der Waals surface area contributed by atoms with Crippen LogP contribution in [-0.2, 0) is 21.3 Å². The number of carbonyl (C=O) groups is 1. The average Bonchev–Trinajstić information content (AvgIpc) is 3.58. The Hall–Kier alpha value is -4.11. The summed E-state index contributed by atoms with van der Waals surface area (Å²) in [5.41, 5.74) is 3.87. The summed E-state index contributed by atoms with van der Waals surface area (Å²) in [7, 11) is -3.19. The van der Waals surface area contributed by atoms with Crippen LogP contribution in [0.15, 0.2) is 60.8 Å². The van der Waals surface area contributed by atoms with Crippen LogP contribution in [-0.4, -0.2) is 96.0 Å². The maximum absolute atomic E-state index is 13.2. The van der Waals surface area contributed by atoms with Crippen molar-refractivity contribution in [1.82, 2.24) is 23.8 Å². The number of anilines is 3. The molecule has 3 aliphatic heterocycles. The minimum atomic E-state index is -3.19. The van der Waals surface area contributed by atoms with Crippen LogP contribution in [0.1, 0.15) is 18.4 Å². The standard InChI is InChI=1S/C31H35FN8O4S/c1-45(42,43)39-14-12-37(13-15-39)17-21-16-28-30(38-19-26-10-11-27(20-38)44-26)35-29(36-40(28)18-21)22-2-6-24(7-3-22)33-31(41)34-25-8-4-23(32)5-9-25/h2-9,16,18,26-27H,10-15,17,19-20H2,1H3,(H2,33,34,41). The second-order valence-corrected chi connectivity index (χ2v) is 13.9. The summed E-state index contributed by atoms with van der Waals surface area (Å²) < 4.78 is 46.6. The molecule has 2 aromatic carbocycles. The molecule has 2 atom stereocenters. The molecule has 14 heteroatoms. The van der Waals surface area contributed by atoms with Gasteiger partial charge in [0.25, 0.3) is 0 Å². The van der Waals surface area contributed by atoms with E-state index in [4.69, 9.17) is 14.8 Å². The number of fused-ring (bicyclic) bond motifs is 3. The number of hydrogen-bond donors (Lipinski definition) is 2. The molecule has 0 spiro atoms. The van der Waals surface area contributed by atoms with E-state index in [0.717, 1.165) is 48.4 Å². The quantitative estimate of drug-likeness (QED) is 0.316. The van der Waals surface area contributed by atoms with E-state index in [2.05, 4.69) is 26.5 Å². The van der Waals surface area contributed by atoms with Crippen molar-refractivity contribution < 1.29 is 22.3 Å². The maximum atomic E-state index is 13.2. The Morgan fingerprint density at radius 1 is 0.956 bits per heavy atom. The van der Waals surface area contributed by atoms with Crippen molar-refractivity contribution in [1.29, 1.82) is 0 Å². The van der Waals surface area contributed by atoms with Crippen LogP contribution in [0.5, 0.6) is 0 Å². The van der Waals surface area contributed by atoms with E-state index in [1.807, 2.05) is 22.8 Å². The molecule has 7 rings (SSSR count). The molecule has 0 radical (unpaired) electrons. The summed E-state index contributed by atoms with van der Waals surface area (Å²) >= 11 is 0. The van der Waals surface area contributed by atoms with Gasteiger partial charge in [0.1, 0.15) is 11.3 Å². The van der Waals surface area contributed by atoms with Crippen molar-refractivity contribution >= 4 is 38.8 Å². The predicted molar refractivity (Wildman–Crippen MR) is 169 cm³/mol. The zero-order valence-corrected chi connectivity index (χ0v) is 25.7. The fourth-order valence-electron chi connectivity index (χ4n) is 6.27. The van der Waals surface area contributed by atoms with Crippen molar-refractivity contribution in [3.63, 3.8) is 0 Å². The van der Waals surface area contributed by atoms with Crippen LogP contribution in [0.2, 0.25) is 0 Å². The second-order valence-electron chi connectivity index (χ2n) is 11.9. The van der Waals surface area contributed by atoms with E-state index >= 15 is 0 Å². The first kappa shape index (κ1) is 29.6. The molecule has 2 aromatic heterocycles. The molecule has 3 fully saturated rings. The van der Waals surface area contributed by atoms with Gasteiger partial charge in [0, 0.05) is 68.9 Å². The number of hydrogen-bond acceptors (Lipinski definition) is 8. The van der Waals surface area contributed by atoms with Crippen molar-refractivity contribution in [3.8, 4) is 11.4 Å². The van der Waals surface area contributed by atoms with Crippen LogP contribution >= 0.6 is 0 Å². The fourth-order valence-corrected chi connectivity index (χ4v) is 7.10. The van der Waals surface area contributed by atoms with Gasteiger partial charge >= 0.3 is 6.03 Å². The Labute approximate surface area is 260 Å². The van der Waals surface area contributed by atoms with Gasteiger partial charge in [-0.25, -0.2) is 27.1 Å². The number of aromatic nitrogens is 3. The van der Waals surface area contributed by atoms with Crippen LogP contribution in [0.3, 0.4) is 0 Å². The van der Waals surface area contributed by atoms with E-state index in [9.17, 15) is 17.6 Å². The van der Waals surface area contributed by atoms with Gasteiger partial charge < -0.3 is 20.3 Å². The SMILES string of the molecule is CS(=O)(=O)N1CCN(Cc2cc3c(N4CC5CCC(C4)O5)nc(-c4ccc(NC(=O)Nc5ccc(F)cc5)cc4)nn3c2)CC1. The van der Waals surface area contributed by atoms with Gasteiger partial charge in [0.2, 0.25) is 10.0 Å². The highest BCUT2D eigenvalue weighted by molar-refractivity contribution is 7.88. The fraction of sp³-hybridized carbons (Fsp3) is 0.387. The molecule has 3 aliphatic rings. The average molecular weight is 635 g/mol. The number of rotatable bonds is 7. The molecule has 4 aromatic rings. The lowest BCUT2D eigenvalue weighted by molar-refractivity contribution is 0.0303. The van der Waals surface area contributed by atoms with Gasteiger partial charge in [-0.1, -0.05) is 0 Å². The largest absolute Gasteiger partial charge is 0.371 e. The Morgan fingerprint density at radius 3 is 2.20 bits per heavy atom. The molecule has 0 aliphatic carbocycles. The number of nitrogens with one attached hydrogen (secondary N) is 2. The molecule has 12 nitrogen and oxygen atoms in total. The van der Waals surface area contributed by atoms with E-state index in [0.29, 0.717) is 49.9 Å². The minimum Gasteiger partial charge on any atom is -0.371 e. The summed E-state index contributed by atoms with van der Waals surface area (Å²) in [4.78, 5) is 22.1. The molecule has 2 unspecified atom stereocenters. The van der Waals surface area contributed by atoms with Crippen LogP contribution in [0.25, 0.3) is 16.9 Å². The van der Waals surface area contributed by atoms with Crippen molar-refractivity contribution in [2.45, 2.75) is 31.6 Å². The first-order valence-electron chi connectivity index (χ1n) is 15.1.